The number of hydrogen-bond donors (Lipinski definition) is 1. The third-order valence-corrected chi connectivity index (χ3v) is 4.93. The minimum Gasteiger partial charge on any atom is -0.493 e. The molecule has 2 aromatic rings. The summed E-state index contributed by atoms with van der Waals surface area (Å²) >= 11 is 0. The number of rotatable bonds is 4. The molecule has 0 radical (unpaired) electrons. The van der Waals surface area contributed by atoms with E-state index in [0.717, 1.165) is 24.5 Å². The predicted octanol–water partition coefficient (Wildman–Crippen LogP) is 4.38. The number of nitrogens with one attached hydrogen (secondary N) is 1. The highest BCUT2D eigenvalue weighted by Crippen LogP contribution is 2.38. The summed E-state index contributed by atoms with van der Waals surface area (Å²) in [5, 5.41) is 3.66. The van der Waals surface area contributed by atoms with Crippen LogP contribution in [0.15, 0.2) is 48.0 Å². The number of methoxy groups -OCH3 is 2. The Balaban J connectivity index is 2.06. The molecule has 1 unspecified atom stereocenters. The van der Waals surface area contributed by atoms with Gasteiger partial charge >= 0.3 is 0 Å². The average molecular weight is 323 g/mol. The molecule has 0 aliphatic carbocycles. The lowest BCUT2D eigenvalue weighted by Gasteiger charge is -2.30. The third-order valence-electron chi connectivity index (χ3n) is 4.93. The zero-order chi connectivity index (χ0) is 17.1. The summed E-state index contributed by atoms with van der Waals surface area (Å²) in [6, 6.07) is 15.0. The van der Waals surface area contributed by atoms with Crippen LogP contribution >= 0.6 is 0 Å². The quantitative estimate of drug-likeness (QED) is 0.905. The van der Waals surface area contributed by atoms with Gasteiger partial charge in [-0.1, -0.05) is 30.3 Å². The number of allylic oxidation sites excluding steroid dienone is 1. The fourth-order valence-corrected chi connectivity index (χ4v) is 3.40. The van der Waals surface area contributed by atoms with Gasteiger partial charge in [-0.2, -0.15) is 0 Å². The van der Waals surface area contributed by atoms with E-state index < -0.39 is 0 Å². The van der Waals surface area contributed by atoms with Gasteiger partial charge in [0, 0.05) is 6.54 Å². The van der Waals surface area contributed by atoms with Crippen molar-refractivity contribution < 1.29 is 9.47 Å². The van der Waals surface area contributed by atoms with Gasteiger partial charge in [-0.15, -0.1) is 0 Å². The highest BCUT2D eigenvalue weighted by atomic mass is 16.5. The summed E-state index contributed by atoms with van der Waals surface area (Å²) < 4.78 is 11.0. The molecule has 3 rings (SSSR count). The zero-order valence-corrected chi connectivity index (χ0v) is 14.8. The van der Waals surface area contributed by atoms with Crippen molar-refractivity contribution in [3.8, 4) is 11.5 Å². The molecule has 1 aliphatic rings. The molecule has 0 spiro atoms. The summed E-state index contributed by atoms with van der Waals surface area (Å²) in [5.74, 6) is 1.59. The molecule has 1 aliphatic heterocycles. The Bertz CT molecular complexity index is 750. The lowest BCUT2D eigenvalue weighted by molar-refractivity contribution is 0.353. The largest absolute Gasteiger partial charge is 0.493 e. The van der Waals surface area contributed by atoms with Crippen LogP contribution in [-0.2, 0) is 6.42 Å². The minimum atomic E-state index is 0.203. The van der Waals surface area contributed by atoms with E-state index in [4.69, 9.17) is 9.47 Å². The van der Waals surface area contributed by atoms with Gasteiger partial charge in [0.15, 0.2) is 11.5 Å². The molecule has 1 N–H and O–H groups in total. The molecule has 2 aromatic carbocycles. The van der Waals surface area contributed by atoms with Gasteiger partial charge < -0.3 is 14.8 Å². The van der Waals surface area contributed by atoms with Crippen LogP contribution in [0.3, 0.4) is 0 Å². The van der Waals surface area contributed by atoms with Crippen molar-refractivity contribution in [1.29, 1.82) is 0 Å². The Labute approximate surface area is 144 Å². The molecule has 0 bridgehead atoms. The Morgan fingerprint density at radius 1 is 1.00 bits per heavy atom. The van der Waals surface area contributed by atoms with E-state index >= 15 is 0 Å². The number of hydrogen-bond acceptors (Lipinski definition) is 3. The molecule has 0 saturated carbocycles. The lowest BCUT2D eigenvalue weighted by atomic mass is 9.86. The topological polar surface area (TPSA) is 30.5 Å². The van der Waals surface area contributed by atoms with Gasteiger partial charge in [-0.25, -0.2) is 0 Å². The first kappa shape index (κ1) is 16.6. The summed E-state index contributed by atoms with van der Waals surface area (Å²) in [5.41, 5.74) is 6.54. The van der Waals surface area contributed by atoms with Crippen molar-refractivity contribution in [2.75, 3.05) is 20.8 Å². The Morgan fingerprint density at radius 3 is 2.33 bits per heavy atom. The number of fused-ring (bicyclic) bond motifs is 1. The first-order chi connectivity index (χ1) is 11.7. The zero-order valence-electron chi connectivity index (χ0n) is 14.8. The number of ether oxygens (including phenoxy) is 2. The molecule has 0 aromatic heterocycles. The molecule has 24 heavy (non-hydrogen) atoms. The molecular formula is C21H25NO2. The molecule has 0 saturated heterocycles. The van der Waals surface area contributed by atoms with Gasteiger partial charge in [-0.3, -0.25) is 0 Å². The summed E-state index contributed by atoms with van der Waals surface area (Å²) in [6.45, 7) is 5.37. The molecule has 126 valence electrons. The summed E-state index contributed by atoms with van der Waals surface area (Å²) in [6.07, 6.45) is 1.00. The van der Waals surface area contributed by atoms with Crippen molar-refractivity contribution in [2.24, 2.45) is 0 Å². The Morgan fingerprint density at radius 2 is 1.67 bits per heavy atom. The van der Waals surface area contributed by atoms with E-state index in [0.29, 0.717) is 0 Å². The first-order valence-corrected chi connectivity index (χ1v) is 8.36. The summed E-state index contributed by atoms with van der Waals surface area (Å²) in [4.78, 5) is 0. The van der Waals surface area contributed by atoms with E-state index in [9.17, 15) is 0 Å². The maximum Gasteiger partial charge on any atom is 0.161 e. The third kappa shape index (κ3) is 3.04. The van der Waals surface area contributed by atoms with Crippen molar-refractivity contribution in [1.82, 2.24) is 5.32 Å². The lowest BCUT2D eigenvalue weighted by Crippen LogP contribution is -2.31. The summed E-state index contributed by atoms with van der Waals surface area (Å²) in [7, 11) is 3.38. The van der Waals surface area contributed by atoms with E-state index in [1.165, 1.54) is 27.8 Å². The fourth-order valence-electron chi connectivity index (χ4n) is 3.40. The van der Waals surface area contributed by atoms with Gasteiger partial charge in [0.1, 0.15) is 0 Å². The highest BCUT2D eigenvalue weighted by Gasteiger charge is 2.24. The van der Waals surface area contributed by atoms with E-state index in [-0.39, 0.29) is 6.04 Å². The van der Waals surface area contributed by atoms with Crippen LogP contribution in [0.2, 0.25) is 0 Å². The van der Waals surface area contributed by atoms with Crippen LogP contribution in [0.1, 0.15) is 36.6 Å². The normalized spacial score (nSPS) is 17.8. The predicted molar refractivity (Wildman–Crippen MR) is 98.7 cm³/mol. The van der Waals surface area contributed by atoms with Crippen LogP contribution in [0.25, 0.3) is 5.57 Å². The second kappa shape index (κ2) is 7.10. The van der Waals surface area contributed by atoms with E-state index in [2.05, 4.69) is 61.6 Å². The van der Waals surface area contributed by atoms with Gasteiger partial charge in [0.25, 0.3) is 0 Å². The molecule has 0 fully saturated rings. The smallest absolute Gasteiger partial charge is 0.161 e. The molecular weight excluding hydrogens is 298 g/mol. The number of benzene rings is 2. The van der Waals surface area contributed by atoms with Crippen molar-refractivity contribution >= 4 is 5.57 Å². The van der Waals surface area contributed by atoms with Gasteiger partial charge in [0.2, 0.25) is 0 Å². The van der Waals surface area contributed by atoms with Crippen LogP contribution in [0, 0.1) is 0 Å². The standard InChI is InChI=1S/C21H25NO2/c1-14(16-8-6-5-7-9-16)15(2)21-18-13-20(24-4)19(23-3)12-17(18)10-11-22-21/h5-9,12-13,21-22H,10-11H2,1-4H3. The Hall–Kier alpha value is -2.26. The van der Waals surface area contributed by atoms with Crippen LogP contribution in [-0.4, -0.2) is 20.8 Å². The first-order valence-electron chi connectivity index (χ1n) is 8.36. The molecule has 0 amide bonds. The van der Waals surface area contributed by atoms with Crippen molar-refractivity contribution in [3.63, 3.8) is 0 Å². The molecule has 3 nitrogen and oxygen atoms in total. The highest BCUT2D eigenvalue weighted by molar-refractivity contribution is 5.68. The van der Waals surface area contributed by atoms with Crippen LogP contribution < -0.4 is 14.8 Å². The van der Waals surface area contributed by atoms with Crippen LogP contribution in [0.4, 0.5) is 0 Å². The van der Waals surface area contributed by atoms with Gasteiger partial charge in [0.05, 0.1) is 20.3 Å². The SMILES string of the molecule is COc1cc2c(cc1OC)C(C(C)=C(C)c1ccccc1)NCC2. The second-order valence-electron chi connectivity index (χ2n) is 6.22. The Kier molecular flexibility index (Phi) is 4.91. The minimum absolute atomic E-state index is 0.203. The average Bonchev–Trinajstić information content (AvgIpc) is 2.65. The van der Waals surface area contributed by atoms with Gasteiger partial charge in [-0.05, 0) is 60.2 Å². The maximum absolute atomic E-state index is 5.51. The van der Waals surface area contributed by atoms with Crippen LogP contribution in [0.5, 0.6) is 11.5 Å². The van der Waals surface area contributed by atoms with Crippen molar-refractivity contribution in [2.45, 2.75) is 26.3 Å². The fraction of sp³-hybridized carbons (Fsp3) is 0.333. The maximum atomic E-state index is 5.51. The molecule has 1 heterocycles. The molecule has 3 heteroatoms. The second-order valence-corrected chi connectivity index (χ2v) is 6.22. The van der Waals surface area contributed by atoms with Crippen molar-refractivity contribution in [3.05, 3.63) is 64.7 Å². The molecule has 1 atom stereocenters. The monoisotopic (exact) mass is 323 g/mol. The van der Waals surface area contributed by atoms with E-state index in [1.54, 1.807) is 14.2 Å². The van der Waals surface area contributed by atoms with E-state index in [1.807, 2.05) is 0 Å².